The fourth-order valence-electron chi connectivity index (χ4n) is 2.09. The number of benzene rings is 1. The smallest absolute Gasteiger partial charge is 0.191 e. The third-order valence-corrected chi connectivity index (χ3v) is 4.26. The van der Waals surface area contributed by atoms with Crippen molar-refractivity contribution in [2.45, 2.75) is 39.8 Å². The van der Waals surface area contributed by atoms with Gasteiger partial charge in [0, 0.05) is 18.8 Å². The van der Waals surface area contributed by atoms with Crippen molar-refractivity contribution >= 4 is 15.8 Å². The summed E-state index contributed by atoms with van der Waals surface area (Å²) in [7, 11) is -2.95. The van der Waals surface area contributed by atoms with Crippen molar-refractivity contribution in [2.24, 2.45) is 4.99 Å². The maximum Gasteiger partial charge on any atom is 0.191 e. The molecule has 1 aromatic rings. The van der Waals surface area contributed by atoms with Crippen LogP contribution in [0.25, 0.3) is 0 Å². The van der Waals surface area contributed by atoms with Crippen LogP contribution in [-0.2, 0) is 16.4 Å². The molecule has 6 nitrogen and oxygen atoms in total. The normalized spacial score (nSPS) is 13.4. The Morgan fingerprint density at radius 3 is 2.71 bits per heavy atom. The number of aliphatic imine (C=N–C) groups is 1. The van der Waals surface area contributed by atoms with Gasteiger partial charge in [-0.2, -0.15) is 0 Å². The lowest BCUT2D eigenvalue weighted by molar-refractivity contribution is 0.340. The Labute approximate surface area is 145 Å². The quantitative estimate of drug-likeness (QED) is 0.523. The lowest BCUT2D eigenvalue weighted by Gasteiger charge is -2.17. The summed E-state index contributed by atoms with van der Waals surface area (Å²) in [5, 5.41) is 6.42. The van der Waals surface area contributed by atoms with Crippen molar-refractivity contribution in [1.82, 2.24) is 10.6 Å². The van der Waals surface area contributed by atoms with E-state index >= 15 is 0 Å². The van der Waals surface area contributed by atoms with Gasteiger partial charge in [-0.05, 0) is 44.9 Å². The highest BCUT2D eigenvalue weighted by molar-refractivity contribution is 7.90. The second-order valence-corrected chi connectivity index (χ2v) is 8.00. The van der Waals surface area contributed by atoms with E-state index in [4.69, 9.17) is 4.74 Å². The number of rotatable bonds is 9. The molecule has 0 aliphatic heterocycles. The first-order valence-electron chi connectivity index (χ1n) is 8.28. The average molecular weight is 356 g/mol. The van der Waals surface area contributed by atoms with Crippen LogP contribution in [0.1, 0.15) is 32.8 Å². The number of nitrogens with zero attached hydrogens (tertiary/aromatic N) is 1. The number of hydrogen-bond donors (Lipinski definition) is 2. The van der Waals surface area contributed by atoms with Crippen molar-refractivity contribution in [2.75, 3.05) is 25.2 Å². The summed E-state index contributed by atoms with van der Waals surface area (Å²) in [4.78, 5) is 4.56. The Bertz CT molecular complexity index is 630. The second kappa shape index (κ2) is 10.2. The first kappa shape index (κ1) is 20.3. The third kappa shape index (κ3) is 8.76. The van der Waals surface area contributed by atoms with Crippen LogP contribution in [0.5, 0.6) is 5.75 Å². The van der Waals surface area contributed by atoms with Gasteiger partial charge in [0.2, 0.25) is 0 Å². The van der Waals surface area contributed by atoms with Gasteiger partial charge in [-0.3, -0.25) is 0 Å². The number of ether oxygens (including phenoxy) is 1. The number of guanidine groups is 1. The van der Waals surface area contributed by atoms with Crippen LogP contribution in [-0.4, -0.2) is 45.6 Å². The van der Waals surface area contributed by atoms with E-state index in [0.29, 0.717) is 25.5 Å². The molecule has 0 saturated carbocycles. The van der Waals surface area contributed by atoms with Gasteiger partial charge >= 0.3 is 0 Å². The van der Waals surface area contributed by atoms with Gasteiger partial charge < -0.3 is 15.4 Å². The molecule has 7 heteroatoms. The monoisotopic (exact) mass is 355 g/mol. The summed E-state index contributed by atoms with van der Waals surface area (Å²) in [6.45, 7) is 7.80. The fourth-order valence-corrected chi connectivity index (χ4v) is 2.87. The van der Waals surface area contributed by atoms with E-state index in [1.807, 2.05) is 45.0 Å². The summed E-state index contributed by atoms with van der Waals surface area (Å²) >= 11 is 0. The highest BCUT2D eigenvalue weighted by Crippen LogP contribution is 2.13. The predicted octanol–water partition coefficient (Wildman–Crippen LogP) is 1.96. The molecule has 0 radical (unpaired) electrons. The minimum absolute atomic E-state index is 0.0206. The highest BCUT2D eigenvalue weighted by Gasteiger charge is 2.09. The van der Waals surface area contributed by atoms with Gasteiger partial charge in [0.25, 0.3) is 0 Å². The van der Waals surface area contributed by atoms with Crippen molar-refractivity contribution in [3.05, 3.63) is 29.8 Å². The Kier molecular flexibility index (Phi) is 8.60. The van der Waals surface area contributed by atoms with Gasteiger partial charge in [0.05, 0.1) is 18.9 Å². The minimum atomic E-state index is -2.95. The van der Waals surface area contributed by atoms with Crippen LogP contribution in [0, 0.1) is 0 Å². The van der Waals surface area contributed by atoms with E-state index < -0.39 is 9.84 Å². The molecule has 0 aliphatic carbocycles. The minimum Gasteiger partial charge on any atom is -0.494 e. The largest absolute Gasteiger partial charge is 0.494 e. The van der Waals surface area contributed by atoms with Crippen LogP contribution in [0.3, 0.4) is 0 Å². The molecule has 0 aromatic heterocycles. The fraction of sp³-hybridized carbons (Fsp3) is 0.588. The van der Waals surface area contributed by atoms with Crippen LogP contribution in [0.2, 0.25) is 0 Å². The maximum atomic E-state index is 11.3. The molecule has 0 fully saturated rings. The summed E-state index contributed by atoms with van der Waals surface area (Å²) in [5.74, 6) is 1.68. The van der Waals surface area contributed by atoms with E-state index in [9.17, 15) is 8.42 Å². The third-order valence-electron chi connectivity index (χ3n) is 3.28. The molecule has 24 heavy (non-hydrogen) atoms. The van der Waals surface area contributed by atoms with Gasteiger partial charge in [-0.15, -0.1) is 0 Å². The molecule has 136 valence electrons. The molecule has 0 saturated heterocycles. The van der Waals surface area contributed by atoms with E-state index in [2.05, 4.69) is 15.6 Å². The van der Waals surface area contributed by atoms with Gasteiger partial charge in [0.15, 0.2) is 5.96 Å². The van der Waals surface area contributed by atoms with Gasteiger partial charge in [-0.25, -0.2) is 13.4 Å². The molecule has 1 rings (SSSR count). The Morgan fingerprint density at radius 1 is 1.33 bits per heavy atom. The van der Waals surface area contributed by atoms with Crippen molar-refractivity contribution in [1.29, 1.82) is 0 Å². The topological polar surface area (TPSA) is 79.8 Å². The van der Waals surface area contributed by atoms with Crippen LogP contribution in [0.15, 0.2) is 29.3 Å². The number of nitrogens with one attached hydrogen (secondary N) is 2. The summed E-state index contributed by atoms with van der Waals surface area (Å²) in [5.41, 5.74) is 1.06. The molecule has 0 spiro atoms. The summed E-state index contributed by atoms with van der Waals surface area (Å²) < 4.78 is 28.0. The van der Waals surface area contributed by atoms with Gasteiger partial charge in [-0.1, -0.05) is 12.1 Å². The molecule has 1 atom stereocenters. The molecular formula is C17H29N3O3S. The SMILES string of the molecule is CCNC(=NCc1cccc(OCC)c1)NC(C)CCS(C)(=O)=O. The molecule has 0 bridgehead atoms. The Morgan fingerprint density at radius 2 is 2.08 bits per heavy atom. The predicted molar refractivity (Wildman–Crippen MR) is 99.4 cm³/mol. The van der Waals surface area contributed by atoms with Crippen molar-refractivity contribution < 1.29 is 13.2 Å². The summed E-state index contributed by atoms with van der Waals surface area (Å²) in [6.07, 6.45) is 1.80. The molecule has 2 N–H and O–H groups in total. The maximum absolute atomic E-state index is 11.3. The van der Waals surface area contributed by atoms with E-state index in [1.54, 1.807) is 0 Å². The molecule has 0 amide bonds. The van der Waals surface area contributed by atoms with Crippen molar-refractivity contribution in [3.8, 4) is 5.75 Å². The van der Waals surface area contributed by atoms with E-state index in [0.717, 1.165) is 17.9 Å². The second-order valence-electron chi connectivity index (χ2n) is 5.74. The lowest BCUT2D eigenvalue weighted by atomic mass is 10.2. The zero-order valence-corrected chi connectivity index (χ0v) is 15.8. The molecular weight excluding hydrogens is 326 g/mol. The molecule has 1 unspecified atom stereocenters. The van der Waals surface area contributed by atoms with E-state index in [1.165, 1.54) is 6.26 Å². The molecule has 1 aromatic carbocycles. The van der Waals surface area contributed by atoms with Crippen molar-refractivity contribution in [3.63, 3.8) is 0 Å². The van der Waals surface area contributed by atoms with Gasteiger partial charge in [0.1, 0.15) is 15.6 Å². The Balaban J connectivity index is 2.66. The van der Waals surface area contributed by atoms with Crippen LogP contribution >= 0.6 is 0 Å². The lowest BCUT2D eigenvalue weighted by Crippen LogP contribution is -2.42. The first-order valence-corrected chi connectivity index (χ1v) is 10.3. The zero-order chi connectivity index (χ0) is 18.0. The highest BCUT2D eigenvalue weighted by atomic mass is 32.2. The summed E-state index contributed by atoms with van der Waals surface area (Å²) in [6, 6.07) is 7.87. The standard InChI is InChI=1S/C17H29N3O3S/c1-5-18-17(20-14(3)10-11-24(4,21)22)19-13-15-8-7-9-16(12-15)23-6-2/h7-9,12,14H,5-6,10-11,13H2,1-4H3,(H2,18,19,20). The number of hydrogen-bond acceptors (Lipinski definition) is 4. The van der Waals surface area contributed by atoms with Crippen LogP contribution < -0.4 is 15.4 Å². The van der Waals surface area contributed by atoms with E-state index in [-0.39, 0.29) is 11.8 Å². The number of sulfone groups is 1. The first-order chi connectivity index (χ1) is 11.3. The molecule has 0 heterocycles. The Hall–Kier alpha value is -1.76. The average Bonchev–Trinajstić information content (AvgIpc) is 2.51. The van der Waals surface area contributed by atoms with Crippen LogP contribution in [0.4, 0.5) is 0 Å². The zero-order valence-electron chi connectivity index (χ0n) is 15.0. The molecule has 0 aliphatic rings.